The third-order valence-corrected chi connectivity index (χ3v) is 3.99. The zero-order chi connectivity index (χ0) is 11.7. The zero-order valence-corrected chi connectivity index (χ0v) is 10.4. The molecule has 0 heterocycles. The van der Waals surface area contributed by atoms with Gasteiger partial charge in [0, 0.05) is 25.2 Å². The molecule has 2 saturated carbocycles. The quantitative estimate of drug-likeness (QED) is 0.814. The summed E-state index contributed by atoms with van der Waals surface area (Å²) in [5, 5.41) is 0. The molecule has 2 aliphatic carbocycles. The fraction of sp³-hybridized carbons (Fsp3) is 0.600. The Balaban J connectivity index is 1.76. The van der Waals surface area contributed by atoms with Crippen LogP contribution in [0.3, 0.4) is 0 Å². The Morgan fingerprint density at radius 3 is 2.35 bits per heavy atom. The van der Waals surface area contributed by atoms with Gasteiger partial charge in [-0.25, -0.2) is 0 Å². The van der Waals surface area contributed by atoms with E-state index in [1.54, 1.807) is 0 Å². The maximum absolute atomic E-state index is 6.03. The van der Waals surface area contributed by atoms with E-state index in [-0.39, 0.29) is 0 Å². The molecule has 2 nitrogen and oxygen atoms in total. The topological polar surface area (TPSA) is 29.3 Å². The van der Waals surface area contributed by atoms with Crippen LogP contribution in [0.5, 0.6) is 0 Å². The van der Waals surface area contributed by atoms with E-state index in [4.69, 9.17) is 5.73 Å². The molecule has 3 rings (SSSR count). The van der Waals surface area contributed by atoms with Crippen LogP contribution in [0.1, 0.15) is 37.3 Å². The van der Waals surface area contributed by atoms with E-state index in [2.05, 4.69) is 35.2 Å². The van der Waals surface area contributed by atoms with Crippen molar-refractivity contribution >= 4 is 0 Å². The third-order valence-electron chi connectivity index (χ3n) is 3.99. The van der Waals surface area contributed by atoms with Gasteiger partial charge in [0.25, 0.3) is 0 Å². The lowest BCUT2D eigenvalue weighted by Gasteiger charge is -2.31. The fourth-order valence-corrected chi connectivity index (χ4v) is 2.67. The summed E-state index contributed by atoms with van der Waals surface area (Å²) in [6, 6.07) is 12.0. The molecule has 0 bridgehead atoms. The molecule has 2 N–H and O–H groups in total. The van der Waals surface area contributed by atoms with Crippen LogP contribution in [0.15, 0.2) is 30.3 Å². The molecule has 0 spiro atoms. The Labute approximate surface area is 104 Å². The van der Waals surface area contributed by atoms with Crippen molar-refractivity contribution in [2.45, 2.75) is 37.8 Å². The minimum Gasteiger partial charge on any atom is -0.329 e. The van der Waals surface area contributed by atoms with Gasteiger partial charge < -0.3 is 5.73 Å². The molecule has 2 aliphatic rings. The number of nitrogens with zero attached hydrogens (tertiary/aromatic N) is 1. The molecule has 1 aromatic carbocycles. The molecule has 0 radical (unpaired) electrons. The van der Waals surface area contributed by atoms with Gasteiger partial charge in [-0.2, -0.15) is 0 Å². The lowest BCUT2D eigenvalue weighted by Crippen LogP contribution is -2.37. The van der Waals surface area contributed by atoms with Crippen LogP contribution >= 0.6 is 0 Å². The van der Waals surface area contributed by atoms with Gasteiger partial charge in [0.05, 0.1) is 0 Å². The average molecular weight is 230 g/mol. The molecule has 0 amide bonds. The van der Waals surface area contributed by atoms with Gasteiger partial charge in [0.15, 0.2) is 0 Å². The zero-order valence-electron chi connectivity index (χ0n) is 10.4. The van der Waals surface area contributed by atoms with Crippen LogP contribution in [0.25, 0.3) is 0 Å². The Hall–Kier alpha value is -0.860. The van der Waals surface area contributed by atoms with Crippen molar-refractivity contribution in [3.05, 3.63) is 35.9 Å². The van der Waals surface area contributed by atoms with Gasteiger partial charge in [-0.3, -0.25) is 4.90 Å². The maximum Gasteiger partial charge on any atom is 0.0473 e. The number of hydrogen-bond donors (Lipinski definition) is 1. The molecule has 1 atom stereocenters. The van der Waals surface area contributed by atoms with Crippen molar-refractivity contribution in [2.24, 2.45) is 11.7 Å². The SMILES string of the molecule is NCC(c1ccccc1)N(CC1CC1)C1CC1. The van der Waals surface area contributed by atoms with E-state index in [0.29, 0.717) is 6.04 Å². The fourth-order valence-electron chi connectivity index (χ4n) is 2.67. The lowest BCUT2D eigenvalue weighted by atomic mass is 10.0. The summed E-state index contributed by atoms with van der Waals surface area (Å²) >= 11 is 0. The second-order valence-corrected chi connectivity index (χ2v) is 5.53. The second-order valence-electron chi connectivity index (χ2n) is 5.53. The lowest BCUT2D eigenvalue weighted by molar-refractivity contribution is 0.183. The molecule has 1 aromatic rings. The molecule has 0 saturated heterocycles. The number of benzene rings is 1. The van der Waals surface area contributed by atoms with Crippen molar-refractivity contribution in [3.63, 3.8) is 0 Å². The highest BCUT2D eigenvalue weighted by molar-refractivity contribution is 5.20. The first kappa shape index (κ1) is 11.2. The van der Waals surface area contributed by atoms with Gasteiger partial charge >= 0.3 is 0 Å². The molecule has 2 heteroatoms. The van der Waals surface area contributed by atoms with E-state index in [0.717, 1.165) is 18.5 Å². The molecule has 2 fully saturated rings. The van der Waals surface area contributed by atoms with Crippen molar-refractivity contribution in [1.82, 2.24) is 4.90 Å². The van der Waals surface area contributed by atoms with E-state index in [1.807, 2.05) is 0 Å². The van der Waals surface area contributed by atoms with Crippen LogP contribution in [0, 0.1) is 5.92 Å². The average Bonchev–Trinajstić information content (AvgIpc) is 3.24. The largest absolute Gasteiger partial charge is 0.329 e. The molecule has 1 unspecified atom stereocenters. The highest BCUT2D eigenvalue weighted by atomic mass is 15.2. The molecule has 92 valence electrons. The molecule has 0 aliphatic heterocycles. The van der Waals surface area contributed by atoms with Crippen LogP contribution in [0.2, 0.25) is 0 Å². The first-order chi connectivity index (χ1) is 8.38. The monoisotopic (exact) mass is 230 g/mol. The summed E-state index contributed by atoms with van der Waals surface area (Å²) in [5.74, 6) is 0.952. The number of rotatable bonds is 6. The molecular weight excluding hydrogens is 208 g/mol. The third kappa shape index (κ3) is 2.70. The minimum absolute atomic E-state index is 0.435. The summed E-state index contributed by atoms with van der Waals surface area (Å²) in [4.78, 5) is 2.67. The first-order valence-corrected chi connectivity index (χ1v) is 6.89. The van der Waals surface area contributed by atoms with Crippen LogP contribution in [0.4, 0.5) is 0 Å². The Morgan fingerprint density at radius 2 is 1.82 bits per heavy atom. The van der Waals surface area contributed by atoms with Gasteiger partial charge in [-0.05, 0) is 37.2 Å². The Morgan fingerprint density at radius 1 is 1.12 bits per heavy atom. The van der Waals surface area contributed by atoms with Crippen LogP contribution < -0.4 is 5.73 Å². The normalized spacial score (nSPS) is 21.8. The maximum atomic E-state index is 6.03. The van der Waals surface area contributed by atoms with Gasteiger partial charge in [0.2, 0.25) is 0 Å². The summed E-state index contributed by atoms with van der Waals surface area (Å²) in [5.41, 5.74) is 7.42. The summed E-state index contributed by atoms with van der Waals surface area (Å²) < 4.78 is 0. The van der Waals surface area contributed by atoms with E-state index < -0.39 is 0 Å². The van der Waals surface area contributed by atoms with E-state index >= 15 is 0 Å². The minimum atomic E-state index is 0.435. The Kier molecular flexibility index (Phi) is 3.17. The van der Waals surface area contributed by atoms with E-state index in [1.165, 1.54) is 37.8 Å². The summed E-state index contributed by atoms with van der Waals surface area (Å²) in [6.07, 6.45) is 5.59. The predicted octanol–water partition coefficient (Wildman–Crippen LogP) is 2.56. The molecule has 17 heavy (non-hydrogen) atoms. The van der Waals surface area contributed by atoms with Gasteiger partial charge in [-0.1, -0.05) is 30.3 Å². The molecular formula is C15H22N2. The van der Waals surface area contributed by atoms with Crippen molar-refractivity contribution in [3.8, 4) is 0 Å². The standard InChI is InChI=1S/C15H22N2/c16-10-15(13-4-2-1-3-5-13)17(14-8-9-14)11-12-6-7-12/h1-5,12,14-15H,6-11,16H2. The first-order valence-electron chi connectivity index (χ1n) is 6.89. The van der Waals surface area contributed by atoms with Crippen molar-refractivity contribution in [2.75, 3.05) is 13.1 Å². The van der Waals surface area contributed by atoms with Crippen LogP contribution in [-0.2, 0) is 0 Å². The second kappa shape index (κ2) is 4.79. The Bertz CT molecular complexity index is 354. The highest BCUT2D eigenvalue weighted by Crippen LogP contribution is 2.39. The van der Waals surface area contributed by atoms with Crippen molar-refractivity contribution < 1.29 is 0 Å². The summed E-state index contributed by atoms with van der Waals surface area (Å²) in [7, 11) is 0. The van der Waals surface area contributed by atoms with Gasteiger partial charge in [-0.15, -0.1) is 0 Å². The van der Waals surface area contributed by atoms with E-state index in [9.17, 15) is 0 Å². The molecule has 0 aromatic heterocycles. The number of hydrogen-bond acceptors (Lipinski definition) is 2. The van der Waals surface area contributed by atoms with Gasteiger partial charge in [0.1, 0.15) is 0 Å². The summed E-state index contributed by atoms with van der Waals surface area (Å²) in [6.45, 7) is 2.01. The van der Waals surface area contributed by atoms with Crippen LogP contribution in [-0.4, -0.2) is 24.0 Å². The predicted molar refractivity (Wildman–Crippen MR) is 70.7 cm³/mol. The number of nitrogens with two attached hydrogens (primary N) is 1. The highest BCUT2D eigenvalue weighted by Gasteiger charge is 2.37. The smallest absolute Gasteiger partial charge is 0.0473 e. The van der Waals surface area contributed by atoms with Crippen molar-refractivity contribution in [1.29, 1.82) is 0 Å².